The zero-order valence-electron chi connectivity index (χ0n) is 15.1. The molecule has 0 spiro atoms. The molecule has 0 N–H and O–H groups in total. The van der Waals surface area contributed by atoms with Gasteiger partial charge in [0.25, 0.3) is 0 Å². The van der Waals surface area contributed by atoms with Gasteiger partial charge in [0.1, 0.15) is 6.61 Å². The monoisotopic (exact) mass is 464 g/mol. The predicted octanol–water partition coefficient (Wildman–Crippen LogP) is 0.828. The molecule has 2 fully saturated rings. The zero-order valence-corrected chi connectivity index (χ0v) is 17.3. The van der Waals surface area contributed by atoms with Gasteiger partial charge in [-0.25, -0.2) is 0 Å². The topological polar surface area (TPSA) is 21.7 Å². The van der Waals surface area contributed by atoms with E-state index >= 15 is 0 Å². The van der Waals surface area contributed by atoms with E-state index in [2.05, 4.69) is 17.0 Å². The second-order valence-electron chi connectivity index (χ2n) is 7.09. The smallest absolute Gasteiger partial charge is 0.0556 e. The molecule has 4 heteroatoms. The van der Waals surface area contributed by atoms with Crippen molar-refractivity contribution in [2.75, 3.05) is 30.7 Å². The summed E-state index contributed by atoms with van der Waals surface area (Å²) >= 11 is 0.551. The van der Waals surface area contributed by atoms with Crippen LogP contribution in [-0.4, -0.2) is 39.5 Å². The zero-order chi connectivity index (χ0) is 17.6. The molecule has 140 valence electrons. The molecule has 2 aromatic carbocycles. The number of hydrogen-bond acceptors (Lipinski definition) is 3. The quantitative estimate of drug-likeness (QED) is 0.427. The van der Waals surface area contributed by atoms with Gasteiger partial charge in [-0.2, -0.15) is 0 Å². The van der Waals surface area contributed by atoms with Gasteiger partial charge in [0.15, 0.2) is 0 Å². The molecule has 0 aliphatic carbocycles. The summed E-state index contributed by atoms with van der Waals surface area (Å²) in [4.78, 5) is 2.59. The van der Waals surface area contributed by atoms with Crippen LogP contribution in [0.3, 0.4) is 0 Å². The number of likely N-dealkylation sites (tertiary alicyclic amines) is 1. The molecule has 2 saturated heterocycles. The van der Waals surface area contributed by atoms with Crippen molar-refractivity contribution < 1.29 is 30.7 Å². The summed E-state index contributed by atoms with van der Waals surface area (Å²) < 4.78 is 14.4. The van der Waals surface area contributed by atoms with Crippen LogP contribution < -0.4 is 30.7 Å². The van der Waals surface area contributed by atoms with Crippen molar-refractivity contribution in [3.8, 4) is 11.5 Å². The summed E-state index contributed by atoms with van der Waals surface area (Å²) in [6.45, 7) is 4.99. The summed E-state index contributed by atoms with van der Waals surface area (Å²) in [7, 11) is 0. The van der Waals surface area contributed by atoms with Gasteiger partial charge in [-0.15, -0.1) is 0 Å². The largest absolute Gasteiger partial charge is 0.0619 e. The van der Waals surface area contributed by atoms with Gasteiger partial charge in [-0.1, -0.05) is 30.3 Å². The van der Waals surface area contributed by atoms with Crippen LogP contribution in [0.1, 0.15) is 18.4 Å². The van der Waals surface area contributed by atoms with Crippen LogP contribution in [0, 0.1) is 5.92 Å². The number of halogens is 1. The molecule has 2 aliphatic rings. The van der Waals surface area contributed by atoms with Gasteiger partial charge in [-0.3, -0.25) is 0 Å². The van der Waals surface area contributed by atoms with Gasteiger partial charge in [0, 0.05) is 0 Å². The summed E-state index contributed by atoms with van der Waals surface area (Å²) in [6.07, 6.45) is 2.93. The molecule has 2 heterocycles. The van der Waals surface area contributed by atoms with Crippen molar-refractivity contribution in [2.45, 2.75) is 23.4 Å². The van der Waals surface area contributed by atoms with Crippen molar-refractivity contribution in [3.63, 3.8) is 0 Å². The summed E-state index contributed by atoms with van der Waals surface area (Å²) in [6, 6.07) is 18.2. The summed E-state index contributed by atoms with van der Waals surface area (Å²) in [5.74, 6) is 2.81. The second kappa shape index (κ2) is 9.09. The minimum Gasteiger partial charge on any atom is -0.0619 e. The van der Waals surface area contributed by atoms with Crippen LogP contribution in [0.2, 0.25) is 0 Å². The van der Waals surface area contributed by atoms with E-state index in [1.54, 1.807) is 4.43 Å². The Balaban J connectivity index is 1.16. The number of benzene rings is 2. The van der Waals surface area contributed by atoms with E-state index in [-0.39, 0.29) is 0 Å². The molecule has 2 aliphatic heterocycles. The molecular weight excluding hydrogens is 437 g/mol. The molecule has 0 aromatic heterocycles. The Kier molecular flexibility index (Phi) is 6.33. The first-order chi connectivity index (χ1) is 12.9. The minimum absolute atomic E-state index is 0.551. The van der Waals surface area contributed by atoms with Crippen LogP contribution >= 0.6 is 0 Å². The molecule has 0 saturated carbocycles. The molecule has 2 atom stereocenters. The number of rotatable bonds is 8. The van der Waals surface area contributed by atoms with Crippen molar-refractivity contribution in [3.05, 3.63) is 60.2 Å². The number of hydrogen-bond donors (Lipinski definition) is 0. The molecule has 4 rings (SSSR count). The molecular formula is C22H27INO2-. The van der Waals surface area contributed by atoms with Crippen molar-refractivity contribution in [1.29, 1.82) is 0 Å². The molecule has 2 unspecified atom stereocenters. The van der Waals surface area contributed by atoms with E-state index in [1.807, 2.05) is 42.5 Å². The first-order valence-electron chi connectivity index (χ1n) is 9.56. The van der Waals surface area contributed by atoms with Crippen LogP contribution in [0.25, 0.3) is 0 Å². The Hall–Kier alpha value is -1.27. The fourth-order valence-corrected chi connectivity index (χ4v) is 6.27. The van der Waals surface area contributed by atoms with Gasteiger partial charge in [0.2, 0.25) is 0 Å². The van der Waals surface area contributed by atoms with E-state index in [9.17, 15) is 0 Å². The van der Waals surface area contributed by atoms with Crippen molar-refractivity contribution >= 4 is 0 Å². The third kappa shape index (κ3) is 4.92. The van der Waals surface area contributed by atoms with Crippen LogP contribution in [-0.2, 0) is 6.61 Å². The minimum atomic E-state index is 0.551. The average molecular weight is 464 g/mol. The van der Waals surface area contributed by atoms with E-state index in [0.29, 0.717) is 27.8 Å². The standard InChI is InChI=1S/C22H27INO2/c1-2-4-18(5-3-1)17-26-21-8-6-20(7-9-21)25-15-14-24-13-11-19(16-24)22-10-12-23-22/h1-9,19,22H,10-17H2/q-1. The van der Waals surface area contributed by atoms with Crippen molar-refractivity contribution in [2.24, 2.45) is 5.92 Å². The molecule has 2 aromatic rings. The van der Waals surface area contributed by atoms with E-state index in [4.69, 9.17) is 9.47 Å². The maximum absolute atomic E-state index is 5.93. The Morgan fingerprint density at radius 3 is 2.35 bits per heavy atom. The van der Waals surface area contributed by atoms with Crippen LogP contribution in [0.4, 0.5) is 0 Å². The number of nitrogens with zero attached hydrogens (tertiary/aromatic N) is 1. The van der Waals surface area contributed by atoms with Crippen molar-refractivity contribution in [1.82, 2.24) is 4.90 Å². The van der Waals surface area contributed by atoms with Crippen LogP contribution in [0.15, 0.2) is 54.6 Å². The Bertz CT molecular complexity index is 672. The van der Waals surface area contributed by atoms with E-state index in [1.165, 1.54) is 31.5 Å². The normalized spacial score (nSPS) is 23.1. The molecule has 0 amide bonds. The molecule has 26 heavy (non-hydrogen) atoms. The third-order valence-corrected chi connectivity index (χ3v) is 9.28. The van der Waals surface area contributed by atoms with Gasteiger partial charge < -0.3 is 0 Å². The fourth-order valence-electron chi connectivity index (χ4n) is 3.62. The Morgan fingerprint density at radius 2 is 1.65 bits per heavy atom. The molecule has 3 nitrogen and oxygen atoms in total. The molecule has 0 bridgehead atoms. The third-order valence-electron chi connectivity index (χ3n) is 5.26. The second-order valence-corrected chi connectivity index (χ2v) is 10.7. The first-order valence-corrected chi connectivity index (χ1v) is 12.3. The summed E-state index contributed by atoms with van der Waals surface area (Å²) in [5, 5.41) is 0. The van der Waals surface area contributed by atoms with Crippen LogP contribution in [0.5, 0.6) is 11.5 Å². The first kappa shape index (κ1) is 18.1. The van der Waals surface area contributed by atoms with E-state index < -0.39 is 0 Å². The summed E-state index contributed by atoms with van der Waals surface area (Å²) in [5.41, 5.74) is 1.18. The van der Waals surface area contributed by atoms with E-state index in [0.717, 1.165) is 34.5 Å². The van der Waals surface area contributed by atoms with Gasteiger partial charge in [-0.05, 0) is 5.56 Å². The number of alkyl halides is 2. The predicted molar refractivity (Wildman–Crippen MR) is 101 cm³/mol. The SMILES string of the molecule is c1ccc(COc2ccc(OCCN3CCC(C4CC[I-]4)C3)cc2)cc1. The maximum Gasteiger partial charge on any atom is -0.0556 e. The Morgan fingerprint density at radius 1 is 0.923 bits per heavy atom. The van der Waals surface area contributed by atoms with Gasteiger partial charge in [0.05, 0.1) is 0 Å². The number of ether oxygens (including phenoxy) is 2. The average Bonchev–Trinajstić information content (AvgIpc) is 3.09. The fraction of sp³-hybridized carbons (Fsp3) is 0.455. The maximum atomic E-state index is 5.93. The molecule has 0 radical (unpaired) electrons. The van der Waals surface area contributed by atoms with Gasteiger partial charge >= 0.3 is 125 Å². The Labute approximate surface area is 166 Å².